The van der Waals surface area contributed by atoms with E-state index >= 15 is 0 Å². The topological polar surface area (TPSA) is 47.3 Å². The quantitative estimate of drug-likeness (QED) is 0.848. The molecule has 0 saturated carbocycles. The number of imidazole rings is 1. The number of aliphatic hydroxyl groups excluding tert-OH is 1. The fourth-order valence-corrected chi connectivity index (χ4v) is 2.40. The Kier molecular flexibility index (Phi) is 4.57. The van der Waals surface area contributed by atoms with Crippen molar-refractivity contribution < 1.29 is 9.84 Å². The van der Waals surface area contributed by atoms with Gasteiger partial charge >= 0.3 is 0 Å². The van der Waals surface area contributed by atoms with Crippen molar-refractivity contribution in [3.8, 4) is 0 Å². The SMILES string of the molecule is CCCn1ccnc1CC(O)C1CCCOC1. The summed E-state index contributed by atoms with van der Waals surface area (Å²) in [5.41, 5.74) is 0. The minimum absolute atomic E-state index is 0.274. The zero-order chi connectivity index (χ0) is 12.1. The van der Waals surface area contributed by atoms with E-state index in [4.69, 9.17) is 4.74 Å². The first kappa shape index (κ1) is 12.6. The largest absolute Gasteiger partial charge is 0.392 e. The zero-order valence-corrected chi connectivity index (χ0v) is 10.5. The van der Waals surface area contributed by atoms with Crippen molar-refractivity contribution in [1.82, 2.24) is 9.55 Å². The minimum atomic E-state index is -0.326. The van der Waals surface area contributed by atoms with Gasteiger partial charge in [0.05, 0.1) is 12.7 Å². The number of rotatable bonds is 5. The molecule has 1 saturated heterocycles. The first-order valence-electron chi connectivity index (χ1n) is 6.57. The maximum absolute atomic E-state index is 10.2. The number of ether oxygens (including phenoxy) is 1. The van der Waals surface area contributed by atoms with Gasteiger partial charge in [0.1, 0.15) is 5.82 Å². The summed E-state index contributed by atoms with van der Waals surface area (Å²) in [5.74, 6) is 1.26. The van der Waals surface area contributed by atoms with Gasteiger partial charge in [0, 0.05) is 37.9 Å². The standard InChI is InChI=1S/C13H22N2O2/c1-2-6-15-7-5-14-13(15)9-12(16)11-4-3-8-17-10-11/h5,7,11-12,16H,2-4,6,8-10H2,1H3. The van der Waals surface area contributed by atoms with Gasteiger partial charge in [0.2, 0.25) is 0 Å². The van der Waals surface area contributed by atoms with Crippen molar-refractivity contribution in [2.45, 2.75) is 45.3 Å². The molecular weight excluding hydrogens is 216 g/mol. The molecule has 0 radical (unpaired) electrons. The summed E-state index contributed by atoms with van der Waals surface area (Å²) in [4.78, 5) is 4.33. The molecule has 2 rings (SSSR count). The first-order valence-corrected chi connectivity index (χ1v) is 6.57. The highest BCUT2D eigenvalue weighted by Crippen LogP contribution is 2.19. The smallest absolute Gasteiger partial charge is 0.111 e. The summed E-state index contributed by atoms with van der Waals surface area (Å²) in [5, 5.41) is 10.2. The highest BCUT2D eigenvalue weighted by atomic mass is 16.5. The van der Waals surface area contributed by atoms with Crippen molar-refractivity contribution in [3.63, 3.8) is 0 Å². The number of aromatic nitrogens is 2. The van der Waals surface area contributed by atoms with Crippen LogP contribution < -0.4 is 0 Å². The minimum Gasteiger partial charge on any atom is -0.392 e. The Morgan fingerprint density at radius 3 is 3.24 bits per heavy atom. The van der Waals surface area contributed by atoms with Crippen LogP contribution in [-0.4, -0.2) is 34.0 Å². The van der Waals surface area contributed by atoms with Crippen molar-refractivity contribution in [2.24, 2.45) is 5.92 Å². The molecule has 4 nitrogen and oxygen atoms in total. The number of aryl methyl sites for hydroxylation is 1. The molecule has 0 amide bonds. The van der Waals surface area contributed by atoms with Crippen LogP contribution >= 0.6 is 0 Å². The van der Waals surface area contributed by atoms with Gasteiger partial charge in [-0.3, -0.25) is 0 Å². The lowest BCUT2D eigenvalue weighted by atomic mass is 9.94. The van der Waals surface area contributed by atoms with Gasteiger partial charge in [-0.25, -0.2) is 4.98 Å². The van der Waals surface area contributed by atoms with E-state index in [0.29, 0.717) is 13.0 Å². The van der Waals surface area contributed by atoms with Crippen molar-refractivity contribution in [1.29, 1.82) is 0 Å². The normalized spacial score (nSPS) is 22.6. The molecule has 96 valence electrons. The lowest BCUT2D eigenvalue weighted by molar-refractivity contribution is -0.00939. The van der Waals surface area contributed by atoms with Gasteiger partial charge < -0.3 is 14.4 Å². The molecule has 0 aliphatic carbocycles. The summed E-state index contributed by atoms with van der Waals surface area (Å²) in [7, 11) is 0. The number of hydrogen-bond donors (Lipinski definition) is 1. The average molecular weight is 238 g/mol. The van der Waals surface area contributed by atoms with E-state index in [2.05, 4.69) is 16.5 Å². The number of aliphatic hydroxyl groups is 1. The molecule has 1 aliphatic heterocycles. The van der Waals surface area contributed by atoms with Crippen LogP contribution in [0.15, 0.2) is 12.4 Å². The van der Waals surface area contributed by atoms with Gasteiger partial charge in [0.25, 0.3) is 0 Å². The van der Waals surface area contributed by atoms with Crippen LogP contribution in [0.25, 0.3) is 0 Å². The van der Waals surface area contributed by atoms with Crippen LogP contribution in [0.1, 0.15) is 32.0 Å². The summed E-state index contributed by atoms with van der Waals surface area (Å²) < 4.78 is 7.54. The average Bonchev–Trinajstić information content (AvgIpc) is 2.78. The van der Waals surface area contributed by atoms with E-state index in [9.17, 15) is 5.11 Å². The van der Waals surface area contributed by atoms with E-state index in [1.54, 1.807) is 0 Å². The predicted molar refractivity (Wildman–Crippen MR) is 65.8 cm³/mol. The van der Waals surface area contributed by atoms with Crippen LogP contribution in [0.5, 0.6) is 0 Å². The molecule has 1 aromatic rings. The van der Waals surface area contributed by atoms with Gasteiger partial charge in [-0.2, -0.15) is 0 Å². The molecule has 1 aliphatic rings. The molecule has 2 atom stereocenters. The van der Waals surface area contributed by atoms with Gasteiger partial charge in [-0.15, -0.1) is 0 Å². The third-order valence-corrected chi connectivity index (χ3v) is 3.40. The first-order chi connectivity index (χ1) is 8.31. The fourth-order valence-electron chi connectivity index (χ4n) is 2.40. The summed E-state index contributed by atoms with van der Waals surface area (Å²) in [6, 6.07) is 0. The molecule has 1 aromatic heterocycles. The van der Waals surface area contributed by atoms with E-state index in [-0.39, 0.29) is 12.0 Å². The van der Waals surface area contributed by atoms with Crippen molar-refractivity contribution >= 4 is 0 Å². The second-order valence-corrected chi connectivity index (χ2v) is 4.79. The number of nitrogens with zero attached hydrogens (tertiary/aromatic N) is 2. The predicted octanol–water partition coefficient (Wildman–Crippen LogP) is 1.62. The molecule has 2 unspecified atom stereocenters. The molecule has 2 heterocycles. The Labute approximate surface area is 103 Å². The highest BCUT2D eigenvalue weighted by molar-refractivity contribution is 4.95. The highest BCUT2D eigenvalue weighted by Gasteiger charge is 2.23. The van der Waals surface area contributed by atoms with Crippen LogP contribution in [-0.2, 0) is 17.7 Å². The zero-order valence-electron chi connectivity index (χ0n) is 10.5. The second kappa shape index (κ2) is 6.17. The Bertz CT molecular complexity index is 332. The van der Waals surface area contributed by atoms with Crippen LogP contribution in [0.4, 0.5) is 0 Å². The molecule has 0 aromatic carbocycles. The van der Waals surface area contributed by atoms with Crippen LogP contribution in [0, 0.1) is 5.92 Å². The van der Waals surface area contributed by atoms with E-state index in [0.717, 1.165) is 38.2 Å². The Morgan fingerprint density at radius 1 is 1.65 bits per heavy atom. The van der Waals surface area contributed by atoms with E-state index in [1.807, 2.05) is 12.4 Å². The van der Waals surface area contributed by atoms with Gasteiger partial charge in [-0.1, -0.05) is 6.92 Å². The molecular formula is C13H22N2O2. The van der Waals surface area contributed by atoms with Gasteiger partial charge in [-0.05, 0) is 19.3 Å². The van der Waals surface area contributed by atoms with Crippen molar-refractivity contribution in [3.05, 3.63) is 18.2 Å². The van der Waals surface area contributed by atoms with E-state index in [1.165, 1.54) is 0 Å². The molecule has 1 fully saturated rings. The molecule has 0 spiro atoms. The Hall–Kier alpha value is -0.870. The maximum Gasteiger partial charge on any atom is 0.111 e. The lowest BCUT2D eigenvalue weighted by Gasteiger charge is -2.26. The summed E-state index contributed by atoms with van der Waals surface area (Å²) >= 11 is 0. The molecule has 4 heteroatoms. The second-order valence-electron chi connectivity index (χ2n) is 4.79. The Morgan fingerprint density at radius 2 is 2.53 bits per heavy atom. The fraction of sp³-hybridized carbons (Fsp3) is 0.769. The van der Waals surface area contributed by atoms with E-state index < -0.39 is 0 Å². The number of hydrogen-bond acceptors (Lipinski definition) is 3. The lowest BCUT2D eigenvalue weighted by Crippen LogP contribution is -2.31. The summed E-state index contributed by atoms with van der Waals surface area (Å²) in [6.45, 7) is 4.65. The van der Waals surface area contributed by atoms with Crippen molar-refractivity contribution in [2.75, 3.05) is 13.2 Å². The summed E-state index contributed by atoms with van der Waals surface area (Å²) in [6.07, 6.45) is 7.33. The molecule has 0 bridgehead atoms. The van der Waals surface area contributed by atoms with Crippen LogP contribution in [0.3, 0.4) is 0 Å². The maximum atomic E-state index is 10.2. The third-order valence-electron chi connectivity index (χ3n) is 3.40. The third kappa shape index (κ3) is 3.30. The molecule has 1 N–H and O–H groups in total. The van der Waals surface area contributed by atoms with Crippen LogP contribution in [0.2, 0.25) is 0 Å². The monoisotopic (exact) mass is 238 g/mol. The molecule has 17 heavy (non-hydrogen) atoms. The van der Waals surface area contributed by atoms with Gasteiger partial charge in [0.15, 0.2) is 0 Å². The Balaban J connectivity index is 1.92.